The fourth-order valence-electron chi connectivity index (χ4n) is 4.05. The topological polar surface area (TPSA) is 99.2 Å². The second kappa shape index (κ2) is 7.96. The number of anilines is 4. The summed E-state index contributed by atoms with van der Waals surface area (Å²) in [5.41, 5.74) is 5.96. The summed E-state index contributed by atoms with van der Waals surface area (Å²) in [6.45, 7) is 0.732. The lowest BCUT2D eigenvalue weighted by atomic mass is 9.97. The van der Waals surface area contributed by atoms with Crippen molar-refractivity contribution in [1.82, 2.24) is 15.3 Å². The molecule has 0 unspecified atom stereocenters. The SMILES string of the molecule is CNC(=O)c1cnc(NC(=O)C2CC2)cc1Nc1cccc2c1N(C)Cc1cccnc1-2. The number of hydrogen-bond acceptors (Lipinski definition) is 6. The summed E-state index contributed by atoms with van der Waals surface area (Å²) in [7, 11) is 3.61. The number of rotatable bonds is 5. The van der Waals surface area contributed by atoms with E-state index in [0.29, 0.717) is 17.1 Å². The van der Waals surface area contributed by atoms with E-state index in [9.17, 15) is 9.59 Å². The molecule has 1 aliphatic heterocycles. The van der Waals surface area contributed by atoms with Gasteiger partial charge in [0.2, 0.25) is 5.91 Å². The normalized spacial score (nSPS) is 14.2. The highest BCUT2D eigenvalue weighted by Gasteiger charge is 2.30. The number of carbonyl (C=O) groups is 2. The van der Waals surface area contributed by atoms with Crippen LogP contribution in [-0.2, 0) is 11.3 Å². The monoisotopic (exact) mass is 428 g/mol. The van der Waals surface area contributed by atoms with Crippen molar-refractivity contribution >= 4 is 34.7 Å². The fourth-order valence-corrected chi connectivity index (χ4v) is 4.05. The van der Waals surface area contributed by atoms with Crippen LogP contribution in [0.25, 0.3) is 11.3 Å². The van der Waals surface area contributed by atoms with Crippen LogP contribution in [0.4, 0.5) is 22.9 Å². The molecule has 0 bridgehead atoms. The van der Waals surface area contributed by atoms with Crippen molar-refractivity contribution in [2.24, 2.45) is 5.92 Å². The molecule has 5 rings (SSSR count). The van der Waals surface area contributed by atoms with Gasteiger partial charge in [0, 0.05) is 50.6 Å². The standard InChI is InChI=1S/C24H24N6O2/c1-25-24(32)17-12-27-20(29-23(31)14-8-9-14)11-19(17)28-18-7-3-6-16-21-15(5-4-10-26-21)13-30(2)22(16)18/h3-7,10-12,14H,8-9,13H2,1-2H3,(H,25,32)(H2,27,28,29,31). The summed E-state index contributed by atoms with van der Waals surface area (Å²) in [5.74, 6) is 0.192. The van der Waals surface area contributed by atoms with Crippen LogP contribution in [0.15, 0.2) is 48.8 Å². The largest absolute Gasteiger partial charge is 0.368 e. The molecule has 3 N–H and O–H groups in total. The van der Waals surface area contributed by atoms with Gasteiger partial charge in [0.05, 0.1) is 28.3 Å². The zero-order valence-electron chi connectivity index (χ0n) is 18.0. The molecule has 3 aromatic rings. The van der Waals surface area contributed by atoms with Crippen molar-refractivity contribution in [3.8, 4) is 11.3 Å². The summed E-state index contributed by atoms with van der Waals surface area (Å²) >= 11 is 0. The third-order valence-electron chi connectivity index (χ3n) is 5.82. The number of carbonyl (C=O) groups excluding carboxylic acids is 2. The molecule has 2 aliphatic rings. The van der Waals surface area contributed by atoms with Crippen LogP contribution in [-0.4, -0.2) is 35.9 Å². The maximum absolute atomic E-state index is 12.5. The average Bonchev–Trinajstić information content (AvgIpc) is 3.65. The molecular formula is C24H24N6O2. The molecule has 1 aliphatic carbocycles. The molecule has 0 radical (unpaired) electrons. The van der Waals surface area contributed by atoms with Crippen LogP contribution in [0.1, 0.15) is 28.8 Å². The van der Waals surface area contributed by atoms with E-state index in [-0.39, 0.29) is 17.7 Å². The Labute approximate surface area is 186 Å². The fraction of sp³-hybridized carbons (Fsp3) is 0.250. The van der Waals surface area contributed by atoms with E-state index in [1.165, 1.54) is 11.8 Å². The molecule has 162 valence electrons. The molecular weight excluding hydrogens is 404 g/mol. The summed E-state index contributed by atoms with van der Waals surface area (Å²) < 4.78 is 0. The average molecular weight is 428 g/mol. The molecule has 2 amide bonds. The van der Waals surface area contributed by atoms with Crippen LogP contribution in [0, 0.1) is 5.92 Å². The first kappa shape index (κ1) is 20.0. The lowest BCUT2D eigenvalue weighted by Crippen LogP contribution is -2.24. The van der Waals surface area contributed by atoms with Crippen LogP contribution in [0.2, 0.25) is 0 Å². The quantitative estimate of drug-likeness (QED) is 0.575. The Morgan fingerprint density at radius 1 is 1.09 bits per heavy atom. The zero-order chi connectivity index (χ0) is 22.2. The van der Waals surface area contributed by atoms with Crippen molar-refractivity contribution in [1.29, 1.82) is 0 Å². The molecule has 32 heavy (non-hydrogen) atoms. The number of pyridine rings is 2. The van der Waals surface area contributed by atoms with Gasteiger partial charge in [0.25, 0.3) is 5.91 Å². The summed E-state index contributed by atoms with van der Waals surface area (Å²) in [6.07, 6.45) is 5.10. The molecule has 8 heteroatoms. The van der Waals surface area contributed by atoms with E-state index in [1.807, 2.05) is 25.2 Å². The Kier molecular flexibility index (Phi) is 4.97. The van der Waals surface area contributed by atoms with Gasteiger partial charge >= 0.3 is 0 Å². The summed E-state index contributed by atoms with van der Waals surface area (Å²) in [4.78, 5) is 35.7. The van der Waals surface area contributed by atoms with Gasteiger partial charge in [-0.15, -0.1) is 0 Å². The van der Waals surface area contributed by atoms with Gasteiger partial charge < -0.3 is 20.9 Å². The zero-order valence-corrected chi connectivity index (χ0v) is 18.0. The molecule has 0 atom stereocenters. The Bertz CT molecular complexity index is 1220. The maximum Gasteiger partial charge on any atom is 0.254 e. The van der Waals surface area contributed by atoms with Crippen LogP contribution in [0.5, 0.6) is 0 Å². The Hall–Kier alpha value is -3.94. The predicted octanol–water partition coefficient (Wildman–Crippen LogP) is 3.55. The number of nitrogens with zero attached hydrogens (tertiary/aromatic N) is 3. The van der Waals surface area contributed by atoms with Gasteiger partial charge in [-0.2, -0.15) is 0 Å². The lowest BCUT2D eigenvalue weighted by Gasteiger charge is -2.31. The molecule has 0 spiro atoms. The van der Waals surface area contributed by atoms with Crippen LogP contribution < -0.4 is 20.9 Å². The molecule has 1 aromatic carbocycles. The highest BCUT2D eigenvalue weighted by atomic mass is 16.2. The van der Waals surface area contributed by atoms with Gasteiger partial charge in [-0.05, 0) is 30.5 Å². The third-order valence-corrected chi connectivity index (χ3v) is 5.82. The number of hydrogen-bond donors (Lipinski definition) is 3. The third kappa shape index (κ3) is 3.64. The highest BCUT2D eigenvalue weighted by molar-refractivity contribution is 6.02. The highest BCUT2D eigenvalue weighted by Crippen LogP contribution is 2.43. The molecule has 1 saturated carbocycles. The molecule has 3 heterocycles. The number of aromatic nitrogens is 2. The van der Waals surface area contributed by atoms with Crippen molar-refractivity contribution in [2.75, 3.05) is 29.6 Å². The van der Waals surface area contributed by atoms with E-state index >= 15 is 0 Å². The summed E-state index contributed by atoms with van der Waals surface area (Å²) in [5, 5.41) is 8.92. The van der Waals surface area contributed by atoms with Crippen LogP contribution in [0.3, 0.4) is 0 Å². The first-order valence-corrected chi connectivity index (χ1v) is 10.6. The maximum atomic E-state index is 12.5. The van der Waals surface area contributed by atoms with Gasteiger partial charge in [-0.3, -0.25) is 14.6 Å². The minimum Gasteiger partial charge on any atom is -0.368 e. The Balaban J connectivity index is 1.55. The molecule has 8 nitrogen and oxygen atoms in total. The Morgan fingerprint density at radius 3 is 2.72 bits per heavy atom. The van der Waals surface area contributed by atoms with Gasteiger partial charge in [0.1, 0.15) is 5.82 Å². The van der Waals surface area contributed by atoms with E-state index in [1.54, 1.807) is 19.3 Å². The van der Waals surface area contributed by atoms with Gasteiger partial charge in [0.15, 0.2) is 0 Å². The second-order valence-electron chi connectivity index (χ2n) is 8.15. The molecule has 0 saturated heterocycles. The number of para-hydroxylation sites is 1. The van der Waals surface area contributed by atoms with Crippen molar-refractivity contribution < 1.29 is 9.59 Å². The molecule has 1 fully saturated rings. The molecule has 2 aromatic heterocycles. The van der Waals surface area contributed by atoms with Crippen molar-refractivity contribution in [3.05, 3.63) is 59.9 Å². The number of amides is 2. The number of benzene rings is 1. The Morgan fingerprint density at radius 2 is 1.94 bits per heavy atom. The van der Waals surface area contributed by atoms with Gasteiger partial charge in [-0.25, -0.2) is 4.98 Å². The van der Waals surface area contributed by atoms with E-state index < -0.39 is 0 Å². The lowest BCUT2D eigenvalue weighted by molar-refractivity contribution is -0.117. The first-order chi connectivity index (χ1) is 15.5. The van der Waals surface area contributed by atoms with E-state index in [2.05, 4.69) is 43.0 Å². The van der Waals surface area contributed by atoms with E-state index in [0.717, 1.165) is 42.0 Å². The van der Waals surface area contributed by atoms with Crippen molar-refractivity contribution in [3.63, 3.8) is 0 Å². The number of fused-ring (bicyclic) bond motifs is 3. The summed E-state index contributed by atoms with van der Waals surface area (Å²) in [6, 6.07) is 11.7. The second-order valence-corrected chi connectivity index (χ2v) is 8.15. The minimum atomic E-state index is -0.259. The smallest absolute Gasteiger partial charge is 0.254 e. The van der Waals surface area contributed by atoms with Gasteiger partial charge in [-0.1, -0.05) is 18.2 Å². The minimum absolute atomic E-state index is 0.0318. The first-order valence-electron chi connectivity index (χ1n) is 10.6. The predicted molar refractivity (Wildman–Crippen MR) is 124 cm³/mol. The number of nitrogens with one attached hydrogen (secondary N) is 3. The van der Waals surface area contributed by atoms with E-state index in [4.69, 9.17) is 0 Å². The van der Waals surface area contributed by atoms with Crippen molar-refractivity contribution in [2.45, 2.75) is 19.4 Å². The van der Waals surface area contributed by atoms with Crippen LogP contribution >= 0.6 is 0 Å².